The largest absolute Gasteiger partial charge is 0.481 e. The fourth-order valence-electron chi connectivity index (χ4n) is 3.10. The molecule has 3 N–H and O–H groups in total. The van der Waals surface area contributed by atoms with Crippen LogP contribution in [0.2, 0.25) is 0 Å². The Morgan fingerprint density at radius 2 is 1.93 bits per heavy atom. The number of aliphatic hydroxyl groups excluding tert-OH is 2. The van der Waals surface area contributed by atoms with E-state index in [-0.39, 0.29) is 30.5 Å². The maximum atomic E-state index is 12.1. The molecule has 4 atom stereocenters. The molecule has 0 aromatic carbocycles. The molecule has 0 unspecified atom stereocenters. The molecule has 0 saturated heterocycles. The second-order valence-electron chi connectivity index (χ2n) is 6.84. The molecule has 1 rings (SSSR count). The van der Waals surface area contributed by atoms with E-state index >= 15 is 0 Å². The van der Waals surface area contributed by atoms with E-state index in [1.807, 2.05) is 43.4 Å². The molecule has 0 bridgehead atoms. The van der Waals surface area contributed by atoms with Crippen molar-refractivity contribution in [3.05, 3.63) is 48.6 Å². The van der Waals surface area contributed by atoms with Crippen molar-refractivity contribution in [1.82, 2.24) is 0 Å². The Bertz CT molecular complexity index is 573. The zero-order chi connectivity index (χ0) is 20.1. The third-order valence-electron chi connectivity index (χ3n) is 4.60. The van der Waals surface area contributed by atoms with E-state index in [9.17, 15) is 19.8 Å². The predicted octanol–water partition coefficient (Wildman–Crippen LogP) is 3.58. The lowest BCUT2D eigenvalue weighted by Gasteiger charge is -2.16. The summed E-state index contributed by atoms with van der Waals surface area (Å²) in [5.74, 6) is -1.32. The van der Waals surface area contributed by atoms with Gasteiger partial charge in [0.2, 0.25) is 0 Å². The summed E-state index contributed by atoms with van der Waals surface area (Å²) in [6.45, 7) is 2.03. The Balaban J connectivity index is 2.48. The number of allylic oxidation sites excluding steroid dienone is 6. The number of carbonyl (C=O) groups excluding carboxylic acids is 1. The van der Waals surface area contributed by atoms with Gasteiger partial charge in [-0.05, 0) is 32.1 Å². The summed E-state index contributed by atoms with van der Waals surface area (Å²) in [5.41, 5.74) is 0. The van der Waals surface area contributed by atoms with Crippen LogP contribution in [0.3, 0.4) is 0 Å². The van der Waals surface area contributed by atoms with Gasteiger partial charge in [-0.1, -0.05) is 55.5 Å². The molecule has 1 aliphatic rings. The smallest absolute Gasteiger partial charge is 0.303 e. The third kappa shape index (κ3) is 9.50. The van der Waals surface area contributed by atoms with Gasteiger partial charge in [0, 0.05) is 24.7 Å². The number of aliphatic hydroxyl groups is 2. The number of carbonyl (C=O) groups is 2. The molecular formula is C22H32O5. The molecule has 0 aromatic rings. The van der Waals surface area contributed by atoms with Crippen molar-refractivity contribution >= 4 is 11.8 Å². The van der Waals surface area contributed by atoms with Crippen molar-refractivity contribution in [2.24, 2.45) is 11.8 Å². The Hall–Kier alpha value is -1.98. The highest BCUT2D eigenvalue weighted by atomic mass is 16.4. The molecule has 0 heterocycles. The lowest BCUT2D eigenvalue weighted by Crippen LogP contribution is -2.19. The van der Waals surface area contributed by atoms with E-state index in [1.165, 1.54) is 0 Å². The van der Waals surface area contributed by atoms with E-state index in [2.05, 4.69) is 0 Å². The van der Waals surface area contributed by atoms with Crippen LogP contribution in [0, 0.1) is 11.8 Å². The van der Waals surface area contributed by atoms with E-state index in [0.29, 0.717) is 25.7 Å². The first-order valence-electron chi connectivity index (χ1n) is 9.69. The zero-order valence-corrected chi connectivity index (χ0v) is 16.0. The molecule has 0 amide bonds. The first kappa shape index (κ1) is 23.1. The molecule has 5 nitrogen and oxygen atoms in total. The Labute approximate surface area is 161 Å². The van der Waals surface area contributed by atoms with Crippen molar-refractivity contribution < 1.29 is 24.9 Å². The van der Waals surface area contributed by atoms with E-state index in [0.717, 1.165) is 6.42 Å². The van der Waals surface area contributed by atoms with Crippen molar-refractivity contribution in [1.29, 1.82) is 0 Å². The van der Waals surface area contributed by atoms with Crippen LogP contribution in [0.25, 0.3) is 0 Å². The molecule has 0 spiro atoms. The molecule has 1 aliphatic carbocycles. The minimum atomic E-state index is -0.805. The van der Waals surface area contributed by atoms with Crippen LogP contribution in [0.1, 0.15) is 51.9 Å². The summed E-state index contributed by atoms with van der Waals surface area (Å²) >= 11 is 0. The number of hydrogen-bond acceptors (Lipinski definition) is 4. The van der Waals surface area contributed by atoms with Gasteiger partial charge in [0.1, 0.15) is 5.78 Å². The Morgan fingerprint density at radius 3 is 2.63 bits per heavy atom. The number of aliphatic carboxylic acids is 1. The Kier molecular flexibility index (Phi) is 11.3. The minimum absolute atomic E-state index is 0.0158. The lowest BCUT2D eigenvalue weighted by atomic mass is 9.90. The highest BCUT2D eigenvalue weighted by Crippen LogP contribution is 2.33. The van der Waals surface area contributed by atoms with Gasteiger partial charge in [-0.15, -0.1) is 0 Å². The number of ketones is 1. The zero-order valence-electron chi connectivity index (χ0n) is 16.0. The van der Waals surface area contributed by atoms with E-state index in [4.69, 9.17) is 5.11 Å². The van der Waals surface area contributed by atoms with Gasteiger partial charge in [-0.3, -0.25) is 9.59 Å². The van der Waals surface area contributed by atoms with Crippen molar-refractivity contribution in [2.45, 2.75) is 64.1 Å². The van der Waals surface area contributed by atoms with Gasteiger partial charge in [-0.2, -0.15) is 0 Å². The maximum absolute atomic E-state index is 12.1. The van der Waals surface area contributed by atoms with Crippen LogP contribution in [0.5, 0.6) is 0 Å². The van der Waals surface area contributed by atoms with Crippen LogP contribution in [-0.2, 0) is 9.59 Å². The summed E-state index contributed by atoms with van der Waals surface area (Å²) in [4.78, 5) is 22.5. The molecule has 1 fully saturated rings. The summed E-state index contributed by atoms with van der Waals surface area (Å²) in [5, 5.41) is 28.7. The Morgan fingerprint density at radius 1 is 1.19 bits per heavy atom. The average molecular weight is 376 g/mol. The number of hydrogen-bond donors (Lipinski definition) is 3. The third-order valence-corrected chi connectivity index (χ3v) is 4.60. The van der Waals surface area contributed by atoms with Gasteiger partial charge < -0.3 is 15.3 Å². The molecule has 150 valence electrons. The highest BCUT2D eigenvalue weighted by molar-refractivity contribution is 5.86. The molecule has 5 heteroatoms. The van der Waals surface area contributed by atoms with Crippen LogP contribution >= 0.6 is 0 Å². The van der Waals surface area contributed by atoms with Crippen LogP contribution in [0.4, 0.5) is 0 Å². The molecular weight excluding hydrogens is 344 g/mol. The normalized spacial score (nSPS) is 24.9. The van der Waals surface area contributed by atoms with Gasteiger partial charge in [-0.25, -0.2) is 0 Å². The molecule has 27 heavy (non-hydrogen) atoms. The fraction of sp³-hybridized carbons (Fsp3) is 0.545. The van der Waals surface area contributed by atoms with Gasteiger partial charge in [0.05, 0.1) is 12.2 Å². The van der Waals surface area contributed by atoms with Crippen LogP contribution < -0.4 is 0 Å². The van der Waals surface area contributed by atoms with Crippen molar-refractivity contribution in [2.75, 3.05) is 0 Å². The minimum Gasteiger partial charge on any atom is -0.481 e. The number of carboxylic acid groups (broad SMARTS) is 1. The van der Waals surface area contributed by atoms with Crippen LogP contribution in [0.15, 0.2) is 48.6 Å². The maximum Gasteiger partial charge on any atom is 0.303 e. The van der Waals surface area contributed by atoms with Crippen molar-refractivity contribution in [3.8, 4) is 0 Å². The average Bonchev–Trinajstić information content (AvgIpc) is 2.88. The van der Waals surface area contributed by atoms with E-state index in [1.54, 1.807) is 12.2 Å². The summed E-state index contributed by atoms with van der Waals surface area (Å²) in [6, 6.07) is 0. The quantitative estimate of drug-likeness (QED) is 0.453. The number of rotatable bonds is 12. The summed E-state index contributed by atoms with van der Waals surface area (Å²) in [6.07, 6.45) is 17.2. The summed E-state index contributed by atoms with van der Waals surface area (Å²) in [7, 11) is 0. The van der Waals surface area contributed by atoms with Crippen LogP contribution in [-0.4, -0.2) is 39.3 Å². The monoisotopic (exact) mass is 376 g/mol. The molecule has 0 aliphatic heterocycles. The second-order valence-corrected chi connectivity index (χ2v) is 6.84. The fourth-order valence-corrected chi connectivity index (χ4v) is 3.10. The predicted molar refractivity (Wildman–Crippen MR) is 106 cm³/mol. The van der Waals surface area contributed by atoms with E-state index < -0.39 is 18.2 Å². The highest BCUT2D eigenvalue weighted by Gasteiger charge is 2.39. The van der Waals surface area contributed by atoms with Crippen molar-refractivity contribution in [3.63, 3.8) is 0 Å². The summed E-state index contributed by atoms with van der Waals surface area (Å²) < 4.78 is 0. The van der Waals surface area contributed by atoms with Gasteiger partial charge in [0.25, 0.3) is 0 Å². The molecule has 1 saturated carbocycles. The molecule has 0 radical (unpaired) electrons. The number of Topliss-reactive ketones (excluding diaryl/α,β-unsaturated/α-hetero) is 1. The second kappa shape index (κ2) is 13.2. The lowest BCUT2D eigenvalue weighted by molar-refractivity contribution is -0.136. The standard InChI is InChI=1S/C22H32O5/c1-2-3-8-11-17(23)14-15-19-18(20(24)16-21(19)25)12-9-6-4-5-7-10-13-22(26)27/h3,5-9,14-15,17-20,23-24H,2,4,10-13,16H2,1H3,(H,26,27)/b7-5-,8-3-,9-6-,15-14+/t17-,18+,19+,20+/m0/s1. The number of carboxylic acids is 1. The molecule has 0 aromatic heterocycles. The first-order valence-corrected chi connectivity index (χ1v) is 9.69. The van der Waals surface area contributed by atoms with Gasteiger partial charge in [0.15, 0.2) is 0 Å². The topological polar surface area (TPSA) is 94.8 Å². The SMILES string of the molecule is CC/C=C\C[C@H](O)/C=C/[C@H]1C(=O)C[C@@H](O)[C@@H]1C/C=C\C/C=C\CCC(=O)O. The first-order chi connectivity index (χ1) is 13.0. The van der Waals surface area contributed by atoms with Gasteiger partial charge >= 0.3 is 5.97 Å².